The molecular formula is C16H22N2S2. The fourth-order valence-corrected chi connectivity index (χ4v) is 4.09. The number of hydrogen-bond donors (Lipinski definition) is 1. The molecule has 0 aliphatic rings. The number of aryl methyl sites for hydroxylation is 2. The highest BCUT2D eigenvalue weighted by Gasteiger charge is 2.16. The van der Waals surface area contributed by atoms with Gasteiger partial charge in [-0.3, -0.25) is 0 Å². The van der Waals surface area contributed by atoms with Crippen molar-refractivity contribution < 1.29 is 0 Å². The Morgan fingerprint density at radius 3 is 2.25 bits per heavy atom. The molecule has 20 heavy (non-hydrogen) atoms. The largest absolute Gasteiger partial charge is 0.375 e. The summed E-state index contributed by atoms with van der Waals surface area (Å²) in [4.78, 5) is 4.10. The van der Waals surface area contributed by atoms with Crippen LogP contribution in [0.2, 0.25) is 0 Å². The number of thiazole rings is 1. The summed E-state index contributed by atoms with van der Waals surface area (Å²) in [6.45, 7) is 11.2. The minimum atomic E-state index is 0.202. The van der Waals surface area contributed by atoms with Gasteiger partial charge in [-0.05, 0) is 41.5 Å². The zero-order valence-electron chi connectivity index (χ0n) is 12.8. The maximum atomic E-state index is 5.67. The van der Waals surface area contributed by atoms with Gasteiger partial charge in [-0.2, -0.15) is 0 Å². The van der Waals surface area contributed by atoms with Crippen LogP contribution >= 0.6 is 23.1 Å². The number of nitrogens with two attached hydrogens (primary N) is 1. The van der Waals surface area contributed by atoms with Crippen molar-refractivity contribution in [2.45, 2.75) is 50.0 Å². The Bertz CT molecular complexity index is 586. The van der Waals surface area contributed by atoms with Crippen molar-refractivity contribution in [2.75, 3.05) is 5.73 Å². The summed E-state index contributed by atoms with van der Waals surface area (Å²) in [5.74, 6) is 0.976. The Hall–Kier alpha value is -1.00. The summed E-state index contributed by atoms with van der Waals surface area (Å²) in [5, 5.41) is 0.643. The number of nitrogens with zero attached hydrogens (tertiary/aromatic N) is 1. The molecular weight excluding hydrogens is 284 g/mol. The molecule has 2 aromatic rings. The number of aromatic nitrogens is 1. The minimum Gasteiger partial charge on any atom is -0.375 e. The van der Waals surface area contributed by atoms with E-state index >= 15 is 0 Å². The summed E-state index contributed by atoms with van der Waals surface area (Å²) in [7, 11) is 0. The molecule has 0 atom stereocenters. The van der Waals surface area contributed by atoms with Crippen LogP contribution in [0.25, 0.3) is 0 Å². The summed E-state index contributed by atoms with van der Waals surface area (Å²) in [6.07, 6.45) is 1.86. The highest BCUT2D eigenvalue weighted by atomic mass is 32.2. The molecule has 108 valence electrons. The zero-order chi connectivity index (χ0) is 14.9. The molecule has 0 spiro atoms. The fourth-order valence-electron chi connectivity index (χ4n) is 2.14. The van der Waals surface area contributed by atoms with E-state index in [1.165, 1.54) is 26.5 Å². The molecule has 0 fully saturated rings. The maximum Gasteiger partial charge on any atom is 0.181 e. The normalized spacial score (nSPS) is 11.8. The highest BCUT2D eigenvalue weighted by molar-refractivity contribution is 8.00. The van der Waals surface area contributed by atoms with Crippen LogP contribution in [0.5, 0.6) is 0 Å². The lowest BCUT2D eigenvalue weighted by molar-refractivity contribution is 0.589. The van der Waals surface area contributed by atoms with Crippen LogP contribution in [0.3, 0.4) is 0 Å². The third kappa shape index (κ3) is 3.55. The van der Waals surface area contributed by atoms with Crippen LogP contribution in [0.4, 0.5) is 5.13 Å². The number of rotatable bonds is 3. The van der Waals surface area contributed by atoms with Crippen LogP contribution in [-0.2, 0) is 11.2 Å². The number of nitrogen functional groups attached to an aromatic ring is 1. The van der Waals surface area contributed by atoms with Crippen LogP contribution in [0.1, 0.15) is 43.0 Å². The summed E-state index contributed by atoms with van der Waals surface area (Å²) in [5.41, 5.74) is 11.5. The van der Waals surface area contributed by atoms with E-state index in [1.807, 2.05) is 18.0 Å². The Morgan fingerprint density at radius 1 is 1.20 bits per heavy atom. The van der Waals surface area contributed by atoms with Crippen molar-refractivity contribution in [1.82, 2.24) is 4.98 Å². The van der Waals surface area contributed by atoms with Crippen molar-refractivity contribution in [1.29, 1.82) is 0 Å². The average Bonchev–Trinajstić information content (AvgIpc) is 2.72. The van der Waals surface area contributed by atoms with E-state index in [0.29, 0.717) is 5.13 Å². The molecule has 0 amide bonds. The van der Waals surface area contributed by atoms with Gasteiger partial charge < -0.3 is 5.73 Å². The first-order valence-electron chi connectivity index (χ1n) is 6.72. The monoisotopic (exact) mass is 306 g/mol. The van der Waals surface area contributed by atoms with E-state index in [-0.39, 0.29) is 5.41 Å². The summed E-state index contributed by atoms with van der Waals surface area (Å²) >= 11 is 3.37. The third-order valence-electron chi connectivity index (χ3n) is 3.42. The van der Waals surface area contributed by atoms with Gasteiger partial charge in [-0.1, -0.05) is 44.2 Å². The maximum absolute atomic E-state index is 5.67. The molecule has 0 aliphatic heterocycles. The molecule has 4 heteroatoms. The van der Waals surface area contributed by atoms with Crippen LogP contribution < -0.4 is 5.73 Å². The third-order valence-corrected chi connectivity index (χ3v) is 5.47. The zero-order valence-corrected chi connectivity index (χ0v) is 14.4. The second-order valence-corrected chi connectivity index (χ2v) is 8.48. The molecule has 0 bridgehead atoms. The Balaban J connectivity index is 2.20. The van der Waals surface area contributed by atoms with E-state index < -0.39 is 0 Å². The Morgan fingerprint density at radius 2 is 1.80 bits per heavy atom. The molecule has 2 rings (SSSR count). The predicted molar refractivity (Wildman–Crippen MR) is 90.7 cm³/mol. The van der Waals surface area contributed by atoms with Gasteiger partial charge in [0.25, 0.3) is 0 Å². The number of benzene rings is 1. The molecule has 2 nitrogen and oxygen atoms in total. The quantitative estimate of drug-likeness (QED) is 0.817. The second kappa shape index (κ2) is 5.78. The van der Waals surface area contributed by atoms with Crippen molar-refractivity contribution in [2.24, 2.45) is 0 Å². The molecule has 0 saturated heterocycles. The molecule has 0 aliphatic carbocycles. The molecule has 0 radical (unpaired) electrons. The second-order valence-electron chi connectivity index (χ2n) is 6.14. The standard InChI is InChI=1S/C16H22N2S2/c1-10-6-12(16(3,4)5)7-11(2)13(10)9-19-14-8-18-15(17)20-14/h6-8H,9H2,1-5H3,(H2,17,18). The highest BCUT2D eigenvalue weighted by Crippen LogP contribution is 2.33. The number of anilines is 1. The molecule has 0 saturated carbocycles. The Kier molecular flexibility index (Phi) is 4.45. The lowest BCUT2D eigenvalue weighted by Gasteiger charge is -2.22. The average molecular weight is 306 g/mol. The van der Waals surface area contributed by atoms with E-state index in [9.17, 15) is 0 Å². The smallest absolute Gasteiger partial charge is 0.181 e. The van der Waals surface area contributed by atoms with Crippen LogP contribution in [-0.4, -0.2) is 4.98 Å². The topological polar surface area (TPSA) is 38.9 Å². The van der Waals surface area contributed by atoms with E-state index in [1.54, 1.807) is 11.3 Å². The lowest BCUT2D eigenvalue weighted by atomic mass is 9.84. The summed E-state index contributed by atoms with van der Waals surface area (Å²) in [6, 6.07) is 4.65. The van der Waals surface area contributed by atoms with Crippen molar-refractivity contribution in [3.8, 4) is 0 Å². The van der Waals surface area contributed by atoms with Gasteiger partial charge in [0, 0.05) is 5.75 Å². The molecule has 0 unspecified atom stereocenters. The predicted octanol–water partition coefficient (Wildman–Crippen LogP) is 4.93. The first kappa shape index (κ1) is 15.4. The first-order valence-corrected chi connectivity index (χ1v) is 8.52. The molecule has 2 N–H and O–H groups in total. The van der Waals surface area contributed by atoms with E-state index in [0.717, 1.165) is 5.75 Å². The van der Waals surface area contributed by atoms with Crippen molar-refractivity contribution in [3.63, 3.8) is 0 Å². The number of thioether (sulfide) groups is 1. The van der Waals surface area contributed by atoms with Gasteiger partial charge in [-0.15, -0.1) is 11.8 Å². The van der Waals surface area contributed by atoms with Crippen molar-refractivity contribution >= 4 is 28.2 Å². The van der Waals surface area contributed by atoms with Crippen LogP contribution in [0, 0.1) is 13.8 Å². The SMILES string of the molecule is Cc1cc(C(C)(C)C)cc(C)c1CSc1cnc(N)s1. The summed E-state index contributed by atoms with van der Waals surface area (Å²) < 4.78 is 1.18. The first-order chi connectivity index (χ1) is 9.27. The van der Waals surface area contributed by atoms with Crippen molar-refractivity contribution in [3.05, 3.63) is 40.6 Å². The van der Waals surface area contributed by atoms with E-state index in [4.69, 9.17) is 5.73 Å². The molecule has 1 aromatic carbocycles. The lowest BCUT2D eigenvalue weighted by Crippen LogP contribution is -2.12. The van der Waals surface area contributed by atoms with Gasteiger partial charge in [0.1, 0.15) is 0 Å². The van der Waals surface area contributed by atoms with Crippen LogP contribution in [0.15, 0.2) is 22.5 Å². The van der Waals surface area contributed by atoms with Gasteiger partial charge in [0.05, 0.1) is 10.4 Å². The molecule has 1 heterocycles. The van der Waals surface area contributed by atoms with Gasteiger partial charge in [0.2, 0.25) is 0 Å². The fraction of sp³-hybridized carbons (Fsp3) is 0.438. The molecule has 1 aromatic heterocycles. The van der Waals surface area contributed by atoms with E-state index in [2.05, 4.69) is 51.7 Å². The van der Waals surface area contributed by atoms with Gasteiger partial charge in [0.15, 0.2) is 5.13 Å². The van der Waals surface area contributed by atoms with Gasteiger partial charge in [-0.25, -0.2) is 4.98 Å². The number of hydrogen-bond acceptors (Lipinski definition) is 4. The minimum absolute atomic E-state index is 0.202. The Labute approximate surface area is 129 Å². The van der Waals surface area contributed by atoms with Gasteiger partial charge >= 0.3 is 0 Å².